The molecule has 0 aromatic heterocycles. The molecule has 34 heavy (non-hydrogen) atoms. The highest BCUT2D eigenvalue weighted by Gasteiger charge is 2.24. The van der Waals surface area contributed by atoms with E-state index in [0.29, 0.717) is 0 Å². The van der Waals surface area contributed by atoms with E-state index in [1.54, 1.807) is 0 Å². The number of benzene rings is 1. The molecule has 0 amide bonds. The molecule has 1 saturated carbocycles. The SMILES string of the molecule is CCCCCCCCCCOc1ccc(OCCCC2CCCCC2CCCCCCC)cc1. The van der Waals surface area contributed by atoms with E-state index in [0.717, 1.165) is 43.0 Å². The first-order chi connectivity index (χ1) is 16.8. The summed E-state index contributed by atoms with van der Waals surface area (Å²) in [7, 11) is 0. The van der Waals surface area contributed by atoms with E-state index in [9.17, 15) is 0 Å². The maximum absolute atomic E-state index is 6.06. The highest BCUT2D eigenvalue weighted by Crippen LogP contribution is 2.36. The molecule has 0 aliphatic heterocycles. The molecule has 2 unspecified atom stereocenters. The van der Waals surface area contributed by atoms with Crippen molar-refractivity contribution in [3.63, 3.8) is 0 Å². The average molecular weight is 473 g/mol. The van der Waals surface area contributed by atoms with E-state index >= 15 is 0 Å². The molecule has 1 aliphatic carbocycles. The molecule has 2 atom stereocenters. The van der Waals surface area contributed by atoms with Crippen LogP contribution in [0.4, 0.5) is 0 Å². The van der Waals surface area contributed by atoms with Gasteiger partial charge in [-0.15, -0.1) is 0 Å². The predicted molar refractivity (Wildman–Crippen MR) is 148 cm³/mol. The number of ether oxygens (including phenoxy) is 2. The minimum atomic E-state index is 0.830. The van der Waals surface area contributed by atoms with Gasteiger partial charge in [0.2, 0.25) is 0 Å². The van der Waals surface area contributed by atoms with Crippen molar-refractivity contribution in [2.75, 3.05) is 13.2 Å². The van der Waals surface area contributed by atoms with Crippen LogP contribution >= 0.6 is 0 Å². The summed E-state index contributed by atoms with van der Waals surface area (Å²) in [6.07, 6.45) is 27.6. The van der Waals surface area contributed by atoms with Crippen LogP contribution in [-0.4, -0.2) is 13.2 Å². The Bertz CT molecular complexity index is 567. The topological polar surface area (TPSA) is 18.5 Å². The minimum Gasteiger partial charge on any atom is -0.494 e. The van der Waals surface area contributed by atoms with Crippen LogP contribution in [0.5, 0.6) is 11.5 Å². The van der Waals surface area contributed by atoms with E-state index in [1.807, 2.05) is 0 Å². The molecule has 2 rings (SSSR count). The fraction of sp³-hybridized carbons (Fsp3) is 0.812. The first-order valence-corrected chi connectivity index (χ1v) is 15.2. The molecule has 1 fully saturated rings. The van der Waals surface area contributed by atoms with Gasteiger partial charge < -0.3 is 9.47 Å². The summed E-state index contributed by atoms with van der Waals surface area (Å²) in [5.41, 5.74) is 0. The summed E-state index contributed by atoms with van der Waals surface area (Å²) in [5.74, 6) is 3.87. The zero-order chi connectivity index (χ0) is 24.1. The monoisotopic (exact) mass is 472 g/mol. The van der Waals surface area contributed by atoms with Crippen molar-refractivity contribution >= 4 is 0 Å². The van der Waals surface area contributed by atoms with E-state index < -0.39 is 0 Å². The number of hydrogen-bond donors (Lipinski definition) is 0. The lowest BCUT2D eigenvalue weighted by Crippen LogP contribution is -2.20. The van der Waals surface area contributed by atoms with Gasteiger partial charge in [0.25, 0.3) is 0 Å². The summed E-state index contributed by atoms with van der Waals surface area (Å²) in [6, 6.07) is 8.27. The molecular formula is C32H56O2. The summed E-state index contributed by atoms with van der Waals surface area (Å²) in [5, 5.41) is 0. The maximum Gasteiger partial charge on any atom is 0.119 e. The third-order valence-electron chi connectivity index (χ3n) is 7.82. The number of hydrogen-bond acceptors (Lipinski definition) is 2. The molecule has 2 heteroatoms. The van der Waals surface area contributed by atoms with Crippen LogP contribution in [0, 0.1) is 11.8 Å². The molecular weight excluding hydrogens is 416 g/mol. The Labute approximate surface area is 212 Å². The lowest BCUT2D eigenvalue weighted by atomic mass is 9.74. The van der Waals surface area contributed by atoms with Crippen LogP contribution in [-0.2, 0) is 0 Å². The van der Waals surface area contributed by atoms with E-state index in [4.69, 9.17) is 9.47 Å². The van der Waals surface area contributed by atoms with Crippen LogP contribution < -0.4 is 9.47 Å². The molecule has 196 valence electrons. The third-order valence-corrected chi connectivity index (χ3v) is 7.82. The Morgan fingerprint density at radius 3 is 1.47 bits per heavy atom. The molecule has 0 N–H and O–H groups in total. The first kappa shape index (κ1) is 29.1. The Morgan fingerprint density at radius 2 is 0.941 bits per heavy atom. The van der Waals surface area contributed by atoms with Crippen molar-refractivity contribution in [3.8, 4) is 11.5 Å². The fourth-order valence-electron chi connectivity index (χ4n) is 5.65. The highest BCUT2D eigenvalue weighted by atomic mass is 16.5. The van der Waals surface area contributed by atoms with Crippen LogP contribution in [0.25, 0.3) is 0 Å². The Kier molecular flexibility index (Phi) is 17.1. The molecule has 0 spiro atoms. The Balaban J connectivity index is 1.52. The molecule has 0 heterocycles. The van der Waals surface area contributed by atoms with Crippen molar-refractivity contribution < 1.29 is 9.47 Å². The van der Waals surface area contributed by atoms with Gasteiger partial charge in [0.1, 0.15) is 11.5 Å². The molecule has 0 bridgehead atoms. The molecule has 2 nitrogen and oxygen atoms in total. The lowest BCUT2D eigenvalue weighted by molar-refractivity contribution is 0.190. The molecule has 1 aliphatic rings. The Morgan fingerprint density at radius 1 is 0.529 bits per heavy atom. The van der Waals surface area contributed by atoms with Gasteiger partial charge in [0, 0.05) is 0 Å². The fourth-order valence-corrected chi connectivity index (χ4v) is 5.65. The van der Waals surface area contributed by atoms with Crippen LogP contribution in [0.3, 0.4) is 0 Å². The van der Waals surface area contributed by atoms with Gasteiger partial charge in [-0.1, -0.05) is 123 Å². The van der Waals surface area contributed by atoms with Gasteiger partial charge in [0.15, 0.2) is 0 Å². The molecule has 1 aromatic carbocycles. The second-order valence-electron chi connectivity index (χ2n) is 10.8. The second kappa shape index (κ2) is 20.1. The molecule has 0 saturated heterocycles. The Hall–Kier alpha value is -1.18. The average Bonchev–Trinajstić information content (AvgIpc) is 2.87. The van der Waals surface area contributed by atoms with Gasteiger partial charge in [-0.3, -0.25) is 0 Å². The number of unbranched alkanes of at least 4 members (excludes halogenated alkanes) is 11. The van der Waals surface area contributed by atoms with Crippen molar-refractivity contribution in [3.05, 3.63) is 24.3 Å². The summed E-state index contributed by atoms with van der Waals surface area (Å²) in [6.45, 7) is 6.26. The quantitative estimate of drug-likeness (QED) is 0.166. The summed E-state index contributed by atoms with van der Waals surface area (Å²) in [4.78, 5) is 0. The maximum atomic E-state index is 6.06. The van der Waals surface area contributed by atoms with Crippen molar-refractivity contribution in [1.82, 2.24) is 0 Å². The minimum absolute atomic E-state index is 0.830. The normalized spacial score (nSPS) is 18.2. The van der Waals surface area contributed by atoms with Gasteiger partial charge in [0.05, 0.1) is 13.2 Å². The highest BCUT2D eigenvalue weighted by molar-refractivity contribution is 5.31. The van der Waals surface area contributed by atoms with E-state index in [2.05, 4.69) is 38.1 Å². The standard InChI is InChI=1S/C32H56O2/c1-3-5-7-9-10-11-13-17-27-33-31-23-25-32(26-24-31)34-28-18-22-30-21-16-15-20-29(30)19-14-12-8-6-4-2/h23-26,29-30H,3-22,27-28H2,1-2H3. The van der Waals surface area contributed by atoms with E-state index in [-0.39, 0.29) is 0 Å². The molecule has 0 radical (unpaired) electrons. The van der Waals surface area contributed by atoms with Crippen LogP contribution in [0.2, 0.25) is 0 Å². The lowest BCUT2D eigenvalue weighted by Gasteiger charge is -2.31. The summed E-state index contributed by atoms with van der Waals surface area (Å²) >= 11 is 0. The van der Waals surface area contributed by atoms with Crippen LogP contribution in [0.15, 0.2) is 24.3 Å². The zero-order valence-electron chi connectivity index (χ0n) is 22.8. The molecule has 1 aromatic rings. The van der Waals surface area contributed by atoms with E-state index in [1.165, 1.54) is 122 Å². The van der Waals surface area contributed by atoms with Gasteiger partial charge in [-0.2, -0.15) is 0 Å². The predicted octanol–water partition coefficient (Wildman–Crippen LogP) is 10.5. The van der Waals surface area contributed by atoms with Crippen molar-refractivity contribution in [2.45, 2.75) is 142 Å². The summed E-state index contributed by atoms with van der Waals surface area (Å²) < 4.78 is 12.0. The zero-order valence-corrected chi connectivity index (χ0v) is 22.8. The smallest absolute Gasteiger partial charge is 0.119 e. The van der Waals surface area contributed by atoms with Gasteiger partial charge in [-0.05, 0) is 55.4 Å². The van der Waals surface area contributed by atoms with Crippen LogP contribution in [0.1, 0.15) is 142 Å². The third kappa shape index (κ3) is 13.6. The van der Waals surface area contributed by atoms with Gasteiger partial charge >= 0.3 is 0 Å². The number of rotatable bonds is 21. The second-order valence-corrected chi connectivity index (χ2v) is 10.8. The van der Waals surface area contributed by atoms with Gasteiger partial charge in [-0.25, -0.2) is 0 Å². The van der Waals surface area contributed by atoms with Crippen molar-refractivity contribution in [2.24, 2.45) is 11.8 Å². The largest absolute Gasteiger partial charge is 0.494 e. The first-order valence-electron chi connectivity index (χ1n) is 15.2. The van der Waals surface area contributed by atoms with Crippen molar-refractivity contribution in [1.29, 1.82) is 0 Å².